The molecule has 1 N–H and O–H groups in total. The van der Waals surface area contributed by atoms with Gasteiger partial charge in [0.15, 0.2) is 0 Å². The van der Waals surface area contributed by atoms with E-state index in [0.29, 0.717) is 6.42 Å². The first-order chi connectivity index (χ1) is 18.7. The van der Waals surface area contributed by atoms with Crippen LogP contribution >= 0.6 is 0 Å². The number of hydrogen-bond donors (Lipinski definition) is 1. The lowest BCUT2D eigenvalue weighted by atomic mass is 10.0. The monoisotopic (exact) mass is 538 g/mol. The zero-order chi connectivity index (χ0) is 27.8. The second-order valence-corrected chi connectivity index (χ2v) is 12.0. The van der Waals surface area contributed by atoms with Crippen molar-refractivity contribution < 1.29 is 9.53 Å². The Morgan fingerprint density at radius 2 is 0.842 bits per heavy atom. The molecule has 0 spiro atoms. The van der Waals surface area contributed by atoms with Gasteiger partial charge in [-0.2, -0.15) is 0 Å². The van der Waals surface area contributed by atoms with Gasteiger partial charge < -0.3 is 10.1 Å². The van der Waals surface area contributed by atoms with Crippen molar-refractivity contribution in [2.75, 3.05) is 13.1 Å². The third-order valence-corrected chi connectivity index (χ3v) is 8.00. The summed E-state index contributed by atoms with van der Waals surface area (Å²) in [5, 5.41) is 3.52. The zero-order valence-electron chi connectivity index (χ0n) is 26.6. The maximum atomic E-state index is 12.6. The standard InChI is InChI=1S/C35H71NO2/c1-4-7-10-12-14-16-18-21-25-29-34(30-26-22-19-17-15-13-11-8-5-2)38-35(37)31-27-23-20-24-28-33-36-32-9-6-3/h34,36H,4-33H2,1-3H3. The molecule has 0 bridgehead atoms. The Bertz CT molecular complexity index is 431. The first-order valence-electron chi connectivity index (χ1n) is 17.6. The highest BCUT2D eigenvalue weighted by atomic mass is 16.5. The number of ether oxygens (including phenoxy) is 1. The minimum absolute atomic E-state index is 0.0584. The molecule has 0 rings (SSSR count). The van der Waals surface area contributed by atoms with Crippen LogP contribution in [0.2, 0.25) is 0 Å². The minimum atomic E-state index is 0.0584. The van der Waals surface area contributed by atoms with Crippen molar-refractivity contribution in [3.05, 3.63) is 0 Å². The minimum Gasteiger partial charge on any atom is -0.462 e. The van der Waals surface area contributed by atoms with Gasteiger partial charge in [-0.05, 0) is 58.0 Å². The van der Waals surface area contributed by atoms with Crippen LogP contribution in [0.1, 0.15) is 201 Å². The van der Waals surface area contributed by atoms with E-state index in [1.54, 1.807) is 0 Å². The van der Waals surface area contributed by atoms with Gasteiger partial charge in [0, 0.05) is 6.42 Å². The maximum absolute atomic E-state index is 12.6. The van der Waals surface area contributed by atoms with E-state index in [9.17, 15) is 4.79 Å². The van der Waals surface area contributed by atoms with Crippen molar-refractivity contribution in [3.8, 4) is 0 Å². The number of nitrogens with one attached hydrogen (secondary N) is 1. The van der Waals surface area contributed by atoms with E-state index < -0.39 is 0 Å². The topological polar surface area (TPSA) is 38.3 Å². The summed E-state index contributed by atoms with van der Waals surface area (Å²) < 4.78 is 6.03. The number of unbranched alkanes of at least 4 members (excludes halogenated alkanes) is 21. The molecule has 0 saturated carbocycles. The molecule has 38 heavy (non-hydrogen) atoms. The van der Waals surface area contributed by atoms with Crippen LogP contribution in [0, 0.1) is 0 Å². The van der Waals surface area contributed by atoms with Crippen molar-refractivity contribution in [2.45, 2.75) is 207 Å². The molecule has 0 fully saturated rings. The zero-order valence-corrected chi connectivity index (χ0v) is 26.6. The van der Waals surface area contributed by atoms with Gasteiger partial charge in [0.2, 0.25) is 0 Å². The van der Waals surface area contributed by atoms with Gasteiger partial charge >= 0.3 is 5.97 Å². The van der Waals surface area contributed by atoms with Crippen molar-refractivity contribution in [1.82, 2.24) is 5.32 Å². The van der Waals surface area contributed by atoms with E-state index >= 15 is 0 Å². The Hall–Kier alpha value is -0.570. The summed E-state index contributed by atoms with van der Waals surface area (Å²) in [5.41, 5.74) is 0. The molecule has 3 nitrogen and oxygen atoms in total. The van der Waals surface area contributed by atoms with E-state index in [0.717, 1.165) is 38.8 Å². The summed E-state index contributed by atoms with van der Waals surface area (Å²) in [7, 11) is 0. The lowest BCUT2D eigenvalue weighted by Gasteiger charge is -2.18. The summed E-state index contributed by atoms with van der Waals surface area (Å²) in [6, 6.07) is 0. The summed E-state index contributed by atoms with van der Waals surface area (Å²) in [5.74, 6) is 0.0584. The van der Waals surface area contributed by atoms with Gasteiger partial charge in [0.05, 0.1) is 0 Å². The van der Waals surface area contributed by atoms with E-state index in [1.165, 1.54) is 148 Å². The number of esters is 1. The Balaban J connectivity index is 4.02. The van der Waals surface area contributed by atoms with Crippen LogP contribution in [-0.4, -0.2) is 25.2 Å². The van der Waals surface area contributed by atoms with Gasteiger partial charge in [-0.3, -0.25) is 4.79 Å². The van der Waals surface area contributed by atoms with Crippen LogP contribution in [-0.2, 0) is 9.53 Å². The first-order valence-corrected chi connectivity index (χ1v) is 17.6. The van der Waals surface area contributed by atoms with E-state index in [-0.39, 0.29) is 12.1 Å². The molecular formula is C35H71NO2. The third kappa shape index (κ3) is 30.0. The molecule has 0 aromatic heterocycles. The van der Waals surface area contributed by atoms with Gasteiger partial charge in [0.25, 0.3) is 0 Å². The highest BCUT2D eigenvalue weighted by molar-refractivity contribution is 5.69. The quantitative estimate of drug-likeness (QED) is 0.0685. The lowest BCUT2D eigenvalue weighted by Crippen LogP contribution is -2.18. The average molecular weight is 538 g/mol. The van der Waals surface area contributed by atoms with Crippen LogP contribution < -0.4 is 5.32 Å². The molecule has 0 aromatic rings. The fourth-order valence-electron chi connectivity index (χ4n) is 5.35. The highest BCUT2D eigenvalue weighted by Gasteiger charge is 2.14. The smallest absolute Gasteiger partial charge is 0.306 e. The molecule has 0 aliphatic heterocycles. The lowest BCUT2D eigenvalue weighted by molar-refractivity contribution is -0.150. The van der Waals surface area contributed by atoms with Crippen molar-refractivity contribution in [1.29, 1.82) is 0 Å². The second kappa shape index (κ2) is 32.6. The number of rotatable bonds is 32. The molecule has 0 radical (unpaired) electrons. The number of hydrogen-bond acceptors (Lipinski definition) is 3. The highest BCUT2D eigenvalue weighted by Crippen LogP contribution is 2.19. The Kier molecular flexibility index (Phi) is 32.2. The van der Waals surface area contributed by atoms with Crippen LogP contribution in [0.4, 0.5) is 0 Å². The predicted octanol–water partition coefficient (Wildman–Crippen LogP) is 11.5. The molecular weight excluding hydrogens is 466 g/mol. The maximum Gasteiger partial charge on any atom is 0.306 e. The van der Waals surface area contributed by atoms with E-state index in [4.69, 9.17) is 4.74 Å². The van der Waals surface area contributed by atoms with Crippen LogP contribution in [0.5, 0.6) is 0 Å². The fourth-order valence-corrected chi connectivity index (χ4v) is 5.35. The summed E-state index contributed by atoms with van der Waals surface area (Å²) >= 11 is 0. The molecule has 0 heterocycles. The molecule has 0 unspecified atom stereocenters. The van der Waals surface area contributed by atoms with Crippen LogP contribution in [0.25, 0.3) is 0 Å². The fraction of sp³-hybridized carbons (Fsp3) is 0.971. The molecule has 0 aliphatic carbocycles. The van der Waals surface area contributed by atoms with Gasteiger partial charge in [-0.25, -0.2) is 0 Å². The molecule has 3 heteroatoms. The molecule has 0 amide bonds. The molecule has 0 saturated heterocycles. The average Bonchev–Trinajstić information content (AvgIpc) is 2.92. The van der Waals surface area contributed by atoms with E-state index in [1.807, 2.05) is 0 Å². The SMILES string of the molecule is CCCCCCCCCCCC(CCCCCCCCCCC)OC(=O)CCCCCCCNCCCC. The summed E-state index contributed by atoms with van der Waals surface area (Å²) in [6.07, 6.45) is 35.7. The number of carbonyl (C=O) groups excluding carboxylic acids is 1. The summed E-state index contributed by atoms with van der Waals surface area (Å²) in [4.78, 5) is 12.6. The molecule has 228 valence electrons. The van der Waals surface area contributed by atoms with Crippen molar-refractivity contribution >= 4 is 5.97 Å². The first kappa shape index (κ1) is 37.4. The Labute approximate surface area is 240 Å². The second-order valence-electron chi connectivity index (χ2n) is 12.0. The van der Waals surface area contributed by atoms with Crippen LogP contribution in [0.3, 0.4) is 0 Å². The van der Waals surface area contributed by atoms with Crippen LogP contribution in [0.15, 0.2) is 0 Å². The van der Waals surface area contributed by atoms with Gasteiger partial charge in [0.1, 0.15) is 6.10 Å². The summed E-state index contributed by atoms with van der Waals surface area (Å²) in [6.45, 7) is 9.10. The normalized spacial score (nSPS) is 11.5. The molecule has 0 atom stereocenters. The van der Waals surface area contributed by atoms with E-state index in [2.05, 4.69) is 26.1 Å². The molecule has 0 aliphatic rings. The molecule has 0 aromatic carbocycles. The third-order valence-electron chi connectivity index (χ3n) is 8.00. The largest absolute Gasteiger partial charge is 0.462 e. The predicted molar refractivity (Wildman–Crippen MR) is 169 cm³/mol. The van der Waals surface area contributed by atoms with Crippen molar-refractivity contribution in [2.24, 2.45) is 0 Å². The number of carbonyl (C=O) groups is 1. The van der Waals surface area contributed by atoms with Gasteiger partial charge in [-0.1, -0.05) is 149 Å². The Morgan fingerprint density at radius 1 is 0.474 bits per heavy atom. The Morgan fingerprint density at radius 3 is 1.32 bits per heavy atom. The van der Waals surface area contributed by atoms with Crippen molar-refractivity contribution in [3.63, 3.8) is 0 Å². The van der Waals surface area contributed by atoms with Gasteiger partial charge in [-0.15, -0.1) is 0 Å².